The van der Waals surface area contributed by atoms with Crippen LogP contribution in [-0.4, -0.2) is 46.5 Å². The Kier molecular flexibility index (Phi) is 7.16. The first-order chi connectivity index (χ1) is 16.9. The Balaban J connectivity index is 1.77. The van der Waals surface area contributed by atoms with Gasteiger partial charge in [0.1, 0.15) is 6.54 Å². The Labute approximate surface area is 209 Å². The second-order valence-corrected chi connectivity index (χ2v) is 8.39. The summed E-state index contributed by atoms with van der Waals surface area (Å²) >= 11 is 11.8. The lowest BCUT2D eigenvalue weighted by Crippen LogP contribution is -2.37. The van der Waals surface area contributed by atoms with Crippen molar-refractivity contribution in [2.24, 2.45) is 0 Å². The third-order valence-electron chi connectivity index (χ3n) is 4.97. The fourth-order valence-electron chi connectivity index (χ4n) is 3.31. The summed E-state index contributed by atoms with van der Waals surface area (Å²) in [5, 5.41) is 18.2. The Morgan fingerprint density at radius 3 is 2.31 bits per heavy atom. The molecule has 1 unspecified atom stereocenters. The van der Waals surface area contributed by atoms with Crippen LogP contribution in [0.1, 0.15) is 18.1 Å². The van der Waals surface area contributed by atoms with Crippen LogP contribution in [0.2, 0.25) is 10.0 Å². The molecule has 4 aromatic rings. The van der Waals surface area contributed by atoms with Gasteiger partial charge in [0.2, 0.25) is 0 Å². The fraction of sp³-hybridized carbons (Fsp3) is 0.238. The van der Waals surface area contributed by atoms with E-state index in [1.807, 2.05) is 0 Å². The lowest BCUT2D eigenvalue weighted by molar-refractivity contribution is -0.207. The van der Waals surface area contributed by atoms with Crippen molar-refractivity contribution in [2.45, 2.75) is 31.8 Å². The van der Waals surface area contributed by atoms with Crippen LogP contribution in [0, 0.1) is 0 Å². The molecule has 0 aliphatic carbocycles. The van der Waals surface area contributed by atoms with Crippen molar-refractivity contribution in [2.75, 3.05) is 0 Å². The van der Waals surface area contributed by atoms with Crippen molar-refractivity contribution in [3.63, 3.8) is 0 Å². The van der Waals surface area contributed by atoms with Gasteiger partial charge in [0, 0.05) is 15.6 Å². The van der Waals surface area contributed by atoms with Gasteiger partial charge in [-0.25, -0.2) is 27.9 Å². The van der Waals surface area contributed by atoms with Gasteiger partial charge in [-0.1, -0.05) is 29.3 Å². The molecule has 0 saturated carbocycles. The zero-order valence-corrected chi connectivity index (χ0v) is 19.4. The minimum atomic E-state index is -5.00. The summed E-state index contributed by atoms with van der Waals surface area (Å²) in [6.45, 7) is -1.69. The van der Waals surface area contributed by atoms with E-state index in [-0.39, 0.29) is 27.9 Å². The van der Waals surface area contributed by atoms with Crippen LogP contribution in [0.4, 0.5) is 22.0 Å². The van der Waals surface area contributed by atoms with Gasteiger partial charge in [-0.15, -0.1) is 10.2 Å². The molecule has 0 bridgehead atoms. The lowest BCUT2D eigenvalue weighted by atomic mass is 10.2. The predicted molar refractivity (Wildman–Crippen MR) is 119 cm³/mol. The van der Waals surface area contributed by atoms with Gasteiger partial charge in [0.05, 0.1) is 12.2 Å². The standard InChI is InChI=1S/C21H15Cl2F5N6O2/c22-12-6-4-11(5-7-12)18-31-33(20(36)32(18)9-15(35)21(26,27)28)10-16-29-19(17(24)25)34(30-16)14-3-1-2-13(23)8-14/h1-8,15,17,35H,9-10H2. The van der Waals surface area contributed by atoms with Crippen LogP contribution in [0.3, 0.4) is 0 Å². The summed E-state index contributed by atoms with van der Waals surface area (Å²) in [6.07, 6.45) is -10.9. The number of benzene rings is 2. The highest BCUT2D eigenvalue weighted by Crippen LogP contribution is 2.25. The van der Waals surface area contributed by atoms with Crippen LogP contribution in [0.15, 0.2) is 53.3 Å². The zero-order chi connectivity index (χ0) is 26.2. The first kappa shape index (κ1) is 25.8. The second kappa shape index (κ2) is 9.99. The predicted octanol–water partition coefficient (Wildman–Crippen LogP) is 4.51. The van der Waals surface area contributed by atoms with E-state index in [0.717, 1.165) is 9.36 Å². The molecule has 4 rings (SSSR count). The first-order valence-electron chi connectivity index (χ1n) is 10.1. The van der Waals surface area contributed by atoms with E-state index in [2.05, 4.69) is 15.2 Å². The molecule has 0 fully saturated rings. The highest BCUT2D eigenvalue weighted by Gasteiger charge is 2.39. The maximum absolute atomic E-state index is 13.6. The highest BCUT2D eigenvalue weighted by molar-refractivity contribution is 6.31. The largest absolute Gasteiger partial charge is 0.416 e. The fourth-order valence-corrected chi connectivity index (χ4v) is 3.62. The Hall–Kier alpha value is -3.29. The molecular formula is C21H15Cl2F5N6O2. The Morgan fingerprint density at radius 1 is 1.00 bits per heavy atom. The van der Waals surface area contributed by atoms with Crippen LogP contribution < -0.4 is 5.69 Å². The van der Waals surface area contributed by atoms with Gasteiger partial charge in [-0.3, -0.25) is 4.57 Å². The lowest BCUT2D eigenvalue weighted by Gasteiger charge is -2.15. The number of rotatable bonds is 7. The van der Waals surface area contributed by atoms with Gasteiger partial charge in [-0.2, -0.15) is 13.2 Å². The van der Waals surface area contributed by atoms with E-state index in [1.54, 1.807) is 0 Å². The average molecular weight is 549 g/mol. The molecule has 2 aromatic carbocycles. The molecule has 0 spiro atoms. The molecular weight excluding hydrogens is 534 g/mol. The van der Waals surface area contributed by atoms with E-state index < -0.39 is 43.3 Å². The van der Waals surface area contributed by atoms with Gasteiger partial charge in [0.15, 0.2) is 23.6 Å². The number of aliphatic hydroxyl groups excluding tert-OH is 1. The molecule has 36 heavy (non-hydrogen) atoms. The summed E-state index contributed by atoms with van der Waals surface area (Å²) in [4.78, 5) is 16.7. The molecule has 0 saturated heterocycles. The second-order valence-electron chi connectivity index (χ2n) is 7.52. The third kappa shape index (κ3) is 5.42. The van der Waals surface area contributed by atoms with E-state index >= 15 is 0 Å². The molecule has 2 aromatic heterocycles. The van der Waals surface area contributed by atoms with Gasteiger partial charge in [0.25, 0.3) is 6.43 Å². The van der Waals surface area contributed by atoms with Crippen LogP contribution in [0.25, 0.3) is 17.1 Å². The van der Waals surface area contributed by atoms with E-state index in [1.165, 1.54) is 48.5 Å². The number of hydrogen-bond donors (Lipinski definition) is 1. The molecule has 190 valence electrons. The summed E-state index contributed by atoms with van der Waals surface area (Å²) in [6, 6.07) is 11.6. The quantitative estimate of drug-likeness (QED) is 0.343. The molecule has 0 radical (unpaired) electrons. The summed E-state index contributed by atoms with van der Waals surface area (Å²) < 4.78 is 68.5. The summed E-state index contributed by atoms with van der Waals surface area (Å²) in [5.41, 5.74) is -0.624. The molecule has 15 heteroatoms. The minimum Gasteiger partial charge on any atom is -0.382 e. The van der Waals surface area contributed by atoms with Crippen molar-refractivity contribution in [3.8, 4) is 17.1 Å². The van der Waals surface area contributed by atoms with Crippen molar-refractivity contribution < 1.29 is 27.1 Å². The Morgan fingerprint density at radius 2 is 1.69 bits per heavy atom. The molecule has 0 aliphatic heterocycles. The van der Waals surface area contributed by atoms with Crippen molar-refractivity contribution in [1.29, 1.82) is 0 Å². The van der Waals surface area contributed by atoms with E-state index in [0.29, 0.717) is 9.59 Å². The van der Waals surface area contributed by atoms with Crippen LogP contribution >= 0.6 is 23.2 Å². The van der Waals surface area contributed by atoms with Crippen LogP contribution in [0.5, 0.6) is 0 Å². The number of alkyl halides is 5. The SMILES string of the molecule is O=c1n(Cc2nc(C(F)F)n(-c3cccc(Cl)c3)n2)nc(-c2ccc(Cl)cc2)n1CC(O)C(F)(F)F. The van der Waals surface area contributed by atoms with E-state index in [9.17, 15) is 31.9 Å². The normalized spacial score (nSPS) is 12.9. The van der Waals surface area contributed by atoms with E-state index in [4.69, 9.17) is 23.2 Å². The maximum Gasteiger partial charge on any atom is 0.416 e. The number of halogens is 7. The van der Waals surface area contributed by atoms with Gasteiger partial charge >= 0.3 is 11.9 Å². The molecule has 1 atom stereocenters. The topological polar surface area (TPSA) is 90.8 Å². The van der Waals surface area contributed by atoms with Crippen molar-refractivity contribution in [1.82, 2.24) is 29.1 Å². The summed E-state index contributed by atoms with van der Waals surface area (Å²) in [7, 11) is 0. The van der Waals surface area contributed by atoms with Crippen molar-refractivity contribution >= 4 is 23.2 Å². The molecule has 2 heterocycles. The molecule has 0 aliphatic rings. The average Bonchev–Trinajstić information content (AvgIpc) is 3.36. The molecule has 1 N–H and O–H groups in total. The number of nitrogens with zero attached hydrogens (tertiary/aromatic N) is 6. The first-order valence-corrected chi connectivity index (χ1v) is 10.9. The van der Waals surface area contributed by atoms with Crippen LogP contribution in [-0.2, 0) is 13.1 Å². The third-order valence-corrected chi connectivity index (χ3v) is 5.46. The summed E-state index contributed by atoms with van der Waals surface area (Å²) in [5.74, 6) is -1.19. The number of aliphatic hydroxyl groups is 1. The number of hydrogen-bond acceptors (Lipinski definition) is 5. The smallest absolute Gasteiger partial charge is 0.382 e. The van der Waals surface area contributed by atoms with Gasteiger partial charge in [-0.05, 0) is 42.5 Å². The highest BCUT2D eigenvalue weighted by atomic mass is 35.5. The minimum absolute atomic E-state index is 0.185. The zero-order valence-electron chi connectivity index (χ0n) is 17.9. The monoisotopic (exact) mass is 548 g/mol. The molecule has 0 amide bonds. The van der Waals surface area contributed by atoms with Crippen molar-refractivity contribution in [3.05, 3.63) is 80.7 Å². The maximum atomic E-state index is 13.6. The number of aromatic nitrogens is 6. The molecule has 8 nitrogen and oxygen atoms in total. The van der Waals surface area contributed by atoms with Gasteiger partial charge < -0.3 is 5.11 Å². The Bertz CT molecular complexity index is 1430.